The summed E-state index contributed by atoms with van der Waals surface area (Å²) in [5.41, 5.74) is 5.81. The van der Waals surface area contributed by atoms with Crippen LogP contribution >= 0.6 is 24.0 Å². The van der Waals surface area contributed by atoms with Crippen LogP contribution in [0.4, 0.5) is 0 Å². The number of hydrogen-bond acceptors (Lipinski definition) is 3. The number of guanidine groups is 1. The van der Waals surface area contributed by atoms with E-state index in [-0.39, 0.29) is 35.8 Å². The van der Waals surface area contributed by atoms with Gasteiger partial charge in [-0.2, -0.15) is 0 Å². The molecule has 7 heteroatoms. The van der Waals surface area contributed by atoms with E-state index in [1.54, 1.807) is 0 Å². The second-order valence-corrected chi connectivity index (χ2v) is 8.80. The van der Waals surface area contributed by atoms with Crippen molar-refractivity contribution in [2.75, 3.05) is 32.7 Å². The van der Waals surface area contributed by atoms with Crippen LogP contribution in [0.2, 0.25) is 0 Å². The quantitative estimate of drug-likeness (QED) is 0.199. The van der Waals surface area contributed by atoms with Crippen LogP contribution in [-0.2, 0) is 4.79 Å². The molecule has 1 aliphatic heterocycles. The first kappa shape index (κ1) is 26.4. The van der Waals surface area contributed by atoms with Crippen molar-refractivity contribution in [3.8, 4) is 0 Å². The summed E-state index contributed by atoms with van der Waals surface area (Å²) in [4.78, 5) is 18.4. The summed E-state index contributed by atoms with van der Waals surface area (Å²) in [7, 11) is 0. The number of primary amides is 1. The highest BCUT2D eigenvalue weighted by Gasteiger charge is 2.23. The molecule has 1 saturated heterocycles. The fourth-order valence-electron chi connectivity index (χ4n) is 3.25. The number of amides is 1. The first-order chi connectivity index (χ1) is 12.2. The fourth-order valence-corrected chi connectivity index (χ4v) is 3.25. The molecule has 0 spiro atoms. The van der Waals surface area contributed by atoms with Crippen molar-refractivity contribution in [2.45, 2.75) is 72.8 Å². The standard InChI is InChI=1S/C20H41N5O.HI/c1-6-22-19(24-16(2)10-11-20(3,4)5)23-12-8-14-25-13-7-9-17(15-25)18(21)26;/h16-17H,6-15H2,1-5H3,(H2,21,26)(H2,22,23,24);1H. The Kier molecular flexibility index (Phi) is 13.3. The predicted molar refractivity (Wildman–Crippen MR) is 126 cm³/mol. The number of hydrogen-bond donors (Lipinski definition) is 3. The molecule has 1 fully saturated rings. The molecule has 1 heterocycles. The minimum absolute atomic E-state index is 0. The van der Waals surface area contributed by atoms with Gasteiger partial charge in [-0.05, 0) is 64.5 Å². The SMILES string of the molecule is CCNC(=NCCCN1CCCC(C(N)=O)C1)NC(C)CCC(C)(C)C.I. The van der Waals surface area contributed by atoms with Gasteiger partial charge in [0.1, 0.15) is 0 Å². The second kappa shape index (κ2) is 13.6. The highest BCUT2D eigenvalue weighted by Crippen LogP contribution is 2.21. The molecule has 2 atom stereocenters. The zero-order valence-corrected chi connectivity index (χ0v) is 20.3. The van der Waals surface area contributed by atoms with Gasteiger partial charge in [-0.3, -0.25) is 9.79 Å². The van der Waals surface area contributed by atoms with Crippen LogP contribution in [-0.4, -0.2) is 55.5 Å². The Balaban J connectivity index is 0.00000676. The molecule has 160 valence electrons. The zero-order valence-electron chi connectivity index (χ0n) is 18.0. The highest BCUT2D eigenvalue weighted by atomic mass is 127. The highest BCUT2D eigenvalue weighted by molar-refractivity contribution is 14.0. The number of carbonyl (C=O) groups excluding carboxylic acids is 1. The molecule has 6 nitrogen and oxygen atoms in total. The predicted octanol–water partition coefficient (Wildman–Crippen LogP) is 2.96. The van der Waals surface area contributed by atoms with Crippen LogP contribution in [0.1, 0.15) is 66.7 Å². The van der Waals surface area contributed by atoms with Gasteiger partial charge in [0.15, 0.2) is 5.96 Å². The van der Waals surface area contributed by atoms with Gasteiger partial charge in [-0.1, -0.05) is 20.8 Å². The van der Waals surface area contributed by atoms with Crippen molar-refractivity contribution in [3.05, 3.63) is 0 Å². The van der Waals surface area contributed by atoms with Crippen molar-refractivity contribution in [1.29, 1.82) is 0 Å². The number of nitrogens with one attached hydrogen (secondary N) is 2. The summed E-state index contributed by atoms with van der Waals surface area (Å²) < 4.78 is 0. The molecule has 1 amide bonds. The Morgan fingerprint density at radius 1 is 1.37 bits per heavy atom. The van der Waals surface area contributed by atoms with Crippen LogP contribution in [0.5, 0.6) is 0 Å². The zero-order chi connectivity index (χ0) is 19.6. The summed E-state index contributed by atoms with van der Waals surface area (Å²) >= 11 is 0. The lowest BCUT2D eigenvalue weighted by Gasteiger charge is -2.30. The van der Waals surface area contributed by atoms with E-state index in [2.05, 4.69) is 50.2 Å². The number of nitrogens with two attached hydrogens (primary N) is 1. The molecule has 0 bridgehead atoms. The normalized spacial score (nSPS) is 19.9. The Labute approximate surface area is 183 Å². The molecule has 27 heavy (non-hydrogen) atoms. The maximum Gasteiger partial charge on any atom is 0.221 e. The van der Waals surface area contributed by atoms with Gasteiger partial charge in [0.05, 0.1) is 5.92 Å². The molecule has 0 aromatic rings. The van der Waals surface area contributed by atoms with Crippen LogP contribution in [0.15, 0.2) is 4.99 Å². The smallest absolute Gasteiger partial charge is 0.221 e. The van der Waals surface area contributed by atoms with Crippen LogP contribution < -0.4 is 16.4 Å². The van der Waals surface area contributed by atoms with Crippen molar-refractivity contribution >= 4 is 35.8 Å². The van der Waals surface area contributed by atoms with E-state index < -0.39 is 0 Å². The molecule has 0 aromatic carbocycles. The maximum absolute atomic E-state index is 11.4. The fraction of sp³-hybridized carbons (Fsp3) is 0.900. The maximum atomic E-state index is 11.4. The topological polar surface area (TPSA) is 82.8 Å². The lowest BCUT2D eigenvalue weighted by Crippen LogP contribution is -2.43. The lowest BCUT2D eigenvalue weighted by atomic mass is 9.89. The van der Waals surface area contributed by atoms with Crippen molar-refractivity contribution in [3.63, 3.8) is 0 Å². The van der Waals surface area contributed by atoms with E-state index >= 15 is 0 Å². The number of nitrogens with zero attached hydrogens (tertiary/aromatic N) is 2. The Morgan fingerprint density at radius 2 is 2.07 bits per heavy atom. The van der Waals surface area contributed by atoms with E-state index in [0.717, 1.165) is 64.4 Å². The molecule has 2 unspecified atom stereocenters. The van der Waals surface area contributed by atoms with Gasteiger partial charge in [0.25, 0.3) is 0 Å². The Hall–Kier alpha value is -0.570. The van der Waals surface area contributed by atoms with Crippen LogP contribution in [0.3, 0.4) is 0 Å². The molecule has 0 saturated carbocycles. The Bertz CT molecular complexity index is 450. The van der Waals surface area contributed by atoms with Crippen molar-refractivity contribution < 1.29 is 4.79 Å². The lowest BCUT2D eigenvalue weighted by molar-refractivity contribution is -0.123. The molecule has 4 N–H and O–H groups in total. The van der Waals surface area contributed by atoms with Crippen LogP contribution in [0, 0.1) is 11.3 Å². The molecule has 0 aromatic heterocycles. The van der Waals surface area contributed by atoms with Gasteiger partial charge in [0.2, 0.25) is 5.91 Å². The average molecular weight is 495 g/mol. The van der Waals surface area contributed by atoms with Gasteiger partial charge >= 0.3 is 0 Å². The first-order valence-electron chi connectivity index (χ1n) is 10.3. The van der Waals surface area contributed by atoms with Crippen molar-refractivity contribution in [2.24, 2.45) is 22.1 Å². The number of halogens is 1. The first-order valence-corrected chi connectivity index (χ1v) is 10.3. The molecular weight excluding hydrogens is 453 g/mol. The number of aliphatic imine (C=N–C) groups is 1. The number of rotatable bonds is 9. The van der Waals surface area contributed by atoms with E-state index in [9.17, 15) is 4.79 Å². The molecule has 1 aliphatic rings. The molecule has 1 rings (SSSR count). The largest absolute Gasteiger partial charge is 0.369 e. The monoisotopic (exact) mass is 495 g/mol. The van der Waals surface area contributed by atoms with E-state index in [1.165, 1.54) is 6.42 Å². The summed E-state index contributed by atoms with van der Waals surface area (Å²) in [6.45, 7) is 15.7. The third-order valence-electron chi connectivity index (χ3n) is 4.86. The summed E-state index contributed by atoms with van der Waals surface area (Å²) in [5, 5.41) is 6.85. The minimum atomic E-state index is -0.157. The van der Waals surface area contributed by atoms with Gasteiger partial charge < -0.3 is 21.3 Å². The van der Waals surface area contributed by atoms with Crippen LogP contribution in [0.25, 0.3) is 0 Å². The second-order valence-electron chi connectivity index (χ2n) is 8.80. The number of piperidine rings is 1. The van der Waals surface area contributed by atoms with Crippen molar-refractivity contribution in [1.82, 2.24) is 15.5 Å². The van der Waals surface area contributed by atoms with Gasteiger partial charge in [-0.25, -0.2) is 0 Å². The van der Waals surface area contributed by atoms with E-state index in [0.29, 0.717) is 11.5 Å². The summed E-state index contributed by atoms with van der Waals surface area (Å²) in [6.07, 6.45) is 5.32. The van der Waals surface area contributed by atoms with Gasteiger partial charge in [-0.15, -0.1) is 24.0 Å². The van der Waals surface area contributed by atoms with E-state index in [1.807, 2.05) is 0 Å². The Morgan fingerprint density at radius 3 is 2.67 bits per heavy atom. The average Bonchev–Trinajstić information content (AvgIpc) is 2.56. The van der Waals surface area contributed by atoms with Gasteiger partial charge in [0, 0.05) is 25.7 Å². The number of likely N-dealkylation sites (tertiary alicyclic amines) is 1. The third-order valence-corrected chi connectivity index (χ3v) is 4.86. The van der Waals surface area contributed by atoms with E-state index in [4.69, 9.17) is 10.7 Å². The molecule has 0 radical (unpaired) electrons. The number of carbonyl (C=O) groups is 1. The third kappa shape index (κ3) is 12.5. The summed E-state index contributed by atoms with van der Waals surface area (Å²) in [5.74, 6) is 0.771. The summed E-state index contributed by atoms with van der Waals surface area (Å²) in [6, 6.07) is 0.408. The molecule has 0 aliphatic carbocycles. The minimum Gasteiger partial charge on any atom is -0.369 e. The molecular formula is C20H42IN5O.